The minimum Gasteiger partial charge on any atom is -0.496 e. The number of benzene rings is 1. The molecule has 0 unspecified atom stereocenters. The third-order valence-electron chi connectivity index (χ3n) is 5.10. The van der Waals surface area contributed by atoms with Gasteiger partial charge in [0.05, 0.1) is 12.7 Å². The van der Waals surface area contributed by atoms with Gasteiger partial charge in [0.25, 0.3) is 5.91 Å². The lowest BCUT2D eigenvalue weighted by Crippen LogP contribution is -2.51. The Morgan fingerprint density at radius 1 is 1.04 bits per heavy atom. The van der Waals surface area contributed by atoms with E-state index in [1.165, 1.54) is 0 Å². The van der Waals surface area contributed by atoms with Gasteiger partial charge in [0.2, 0.25) is 5.91 Å². The van der Waals surface area contributed by atoms with Gasteiger partial charge >= 0.3 is 0 Å². The number of hydrogen-bond acceptors (Lipinski definition) is 3. The molecule has 1 aromatic carbocycles. The molecule has 0 bridgehead atoms. The number of ether oxygens (including phenoxy) is 1. The van der Waals surface area contributed by atoms with Crippen LogP contribution in [0.5, 0.6) is 5.75 Å². The lowest BCUT2D eigenvalue weighted by Gasteiger charge is -2.35. The molecule has 1 saturated heterocycles. The Labute approximate surface area is 149 Å². The first-order chi connectivity index (χ1) is 11.8. The molecule has 136 valence electrons. The van der Waals surface area contributed by atoms with Gasteiger partial charge in [-0.25, -0.2) is 0 Å². The summed E-state index contributed by atoms with van der Waals surface area (Å²) in [5.74, 6) is 1.10. The number of piperazine rings is 1. The predicted octanol–water partition coefficient (Wildman–Crippen LogP) is 2.69. The Morgan fingerprint density at radius 3 is 2.16 bits per heavy atom. The average Bonchev–Trinajstić information content (AvgIpc) is 3.44. The molecule has 0 atom stereocenters. The lowest BCUT2D eigenvalue weighted by molar-refractivity contribution is -0.134. The zero-order chi connectivity index (χ0) is 18.2. The fourth-order valence-electron chi connectivity index (χ4n) is 3.23. The summed E-state index contributed by atoms with van der Waals surface area (Å²) in [6, 6.07) is 5.84. The summed E-state index contributed by atoms with van der Waals surface area (Å²) in [5.41, 5.74) is 1.69. The number of nitrogens with zero attached hydrogens (tertiary/aromatic N) is 2. The van der Waals surface area contributed by atoms with Crippen LogP contribution in [0.3, 0.4) is 0 Å². The standard InChI is InChI=1S/C20H28N2O3/c1-20(2,3)15-7-8-17(25-4)16(13-15)19(24)22-11-9-21(10-12-22)18(23)14-5-6-14/h7-8,13-14H,5-6,9-12H2,1-4H3. The second-order valence-corrected chi connectivity index (χ2v) is 8.06. The summed E-state index contributed by atoms with van der Waals surface area (Å²) in [6.45, 7) is 8.81. The molecule has 0 spiro atoms. The molecular formula is C20H28N2O3. The van der Waals surface area contributed by atoms with Gasteiger partial charge < -0.3 is 14.5 Å². The van der Waals surface area contributed by atoms with E-state index in [1.54, 1.807) is 7.11 Å². The maximum absolute atomic E-state index is 13.0. The predicted molar refractivity (Wildman–Crippen MR) is 96.9 cm³/mol. The minimum atomic E-state index is -0.0311. The van der Waals surface area contributed by atoms with Gasteiger partial charge in [-0.2, -0.15) is 0 Å². The minimum absolute atomic E-state index is 0.0125. The maximum Gasteiger partial charge on any atom is 0.257 e. The fraction of sp³-hybridized carbons (Fsp3) is 0.600. The number of amides is 2. The molecule has 1 heterocycles. The van der Waals surface area contributed by atoms with Crippen LogP contribution in [0, 0.1) is 5.92 Å². The first-order valence-electron chi connectivity index (χ1n) is 9.08. The van der Waals surface area contributed by atoms with Crippen molar-refractivity contribution >= 4 is 11.8 Å². The van der Waals surface area contributed by atoms with Crippen molar-refractivity contribution in [3.8, 4) is 5.75 Å². The van der Waals surface area contributed by atoms with Gasteiger partial charge in [-0.15, -0.1) is 0 Å². The normalized spacial score (nSPS) is 18.2. The van der Waals surface area contributed by atoms with Crippen molar-refractivity contribution in [3.63, 3.8) is 0 Å². The van der Waals surface area contributed by atoms with Crippen molar-refractivity contribution in [1.29, 1.82) is 0 Å². The summed E-state index contributed by atoms with van der Waals surface area (Å²) >= 11 is 0. The number of rotatable bonds is 3. The summed E-state index contributed by atoms with van der Waals surface area (Å²) in [7, 11) is 1.59. The second kappa shape index (κ2) is 6.70. The van der Waals surface area contributed by atoms with Gasteiger partial charge in [-0.1, -0.05) is 26.8 Å². The average molecular weight is 344 g/mol. The van der Waals surface area contributed by atoms with Crippen molar-refractivity contribution in [1.82, 2.24) is 9.80 Å². The third kappa shape index (κ3) is 3.80. The molecule has 0 N–H and O–H groups in total. The third-order valence-corrected chi connectivity index (χ3v) is 5.10. The maximum atomic E-state index is 13.0. The number of carbonyl (C=O) groups is 2. The molecule has 1 aromatic rings. The molecule has 1 aliphatic heterocycles. The second-order valence-electron chi connectivity index (χ2n) is 8.06. The SMILES string of the molecule is COc1ccc(C(C)(C)C)cc1C(=O)N1CCN(C(=O)C2CC2)CC1. The molecule has 0 radical (unpaired) electrons. The Morgan fingerprint density at radius 2 is 1.64 bits per heavy atom. The highest BCUT2D eigenvalue weighted by Gasteiger charge is 2.35. The highest BCUT2D eigenvalue weighted by molar-refractivity contribution is 5.97. The van der Waals surface area contributed by atoms with Crippen LogP contribution in [0.2, 0.25) is 0 Å². The Bertz CT molecular complexity index is 666. The Kier molecular flexibility index (Phi) is 4.76. The van der Waals surface area contributed by atoms with Crippen LogP contribution in [0.4, 0.5) is 0 Å². The van der Waals surface area contributed by atoms with E-state index in [2.05, 4.69) is 20.8 Å². The van der Waals surface area contributed by atoms with E-state index in [1.807, 2.05) is 28.0 Å². The monoisotopic (exact) mass is 344 g/mol. The van der Waals surface area contributed by atoms with Crippen LogP contribution in [-0.2, 0) is 10.2 Å². The quantitative estimate of drug-likeness (QED) is 0.847. The van der Waals surface area contributed by atoms with Crippen LogP contribution in [0.15, 0.2) is 18.2 Å². The summed E-state index contributed by atoms with van der Waals surface area (Å²) in [5, 5.41) is 0. The molecule has 3 rings (SSSR count). The summed E-state index contributed by atoms with van der Waals surface area (Å²) < 4.78 is 5.41. The summed E-state index contributed by atoms with van der Waals surface area (Å²) in [4.78, 5) is 28.9. The summed E-state index contributed by atoms with van der Waals surface area (Å²) in [6.07, 6.45) is 2.05. The van der Waals surface area contributed by atoms with Gasteiger partial charge in [-0.3, -0.25) is 9.59 Å². The van der Waals surface area contributed by atoms with Crippen LogP contribution < -0.4 is 4.74 Å². The topological polar surface area (TPSA) is 49.9 Å². The smallest absolute Gasteiger partial charge is 0.257 e. The van der Waals surface area contributed by atoms with Crippen molar-refractivity contribution in [2.24, 2.45) is 5.92 Å². The van der Waals surface area contributed by atoms with Gasteiger partial charge in [0, 0.05) is 32.1 Å². The molecule has 5 nitrogen and oxygen atoms in total. The molecule has 5 heteroatoms. The van der Waals surface area contributed by atoms with Gasteiger partial charge in [0.15, 0.2) is 0 Å². The van der Waals surface area contributed by atoms with E-state index in [0.29, 0.717) is 37.5 Å². The molecule has 1 aliphatic carbocycles. The van der Waals surface area contributed by atoms with E-state index in [-0.39, 0.29) is 23.1 Å². The molecular weight excluding hydrogens is 316 g/mol. The Hall–Kier alpha value is -2.04. The van der Waals surface area contributed by atoms with E-state index in [4.69, 9.17) is 4.74 Å². The van der Waals surface area contributed by atoms with E-state index in [0.717, 1.165) is 18.4 Å². The molecule has 0 aromatic heterocycles. The molecule has 2 aliphatic rings. The largest absolute Gasteiger partial charge is 0.496 e. The highest BCUT2D eigenvalue weighted by atomic mass is 16.5. The first-order valence-corrected chi connectivity index (χ1v) is 9.08. The lowest BCUT2D eigenvalue weighted by atomic mass is 9.86. The van der Waals surface area contributed by atoms with E-state index in [9.17, 15) is 9.59 Å². The zero-order valence-electron chi connectivity index (χ0n) is 15.7. The molecule has 2 amide bonds. The zero-order valence-corrected chi connectivity index (χ0v) is 15.7. The van der Waals surface area contributed by atoms with Crippen molar-refractivity contribution < 1.29 is 14.3 Å². The number of methoxy groups -OCH3 is 1. The van der Waals surface area contributed by atoms with E-state index >= 15 is 0 Å². The number of carbonyl (C=O) groups excluding carboxylic acids is 2. The first kappa shape index (κ1) is 17.8. The molecule has 2 fully saturated rings. The van der Waals surface area contributed by atoms with E-state index < -0.39 is 0 Å². The van der Waals surface area contributed by atoms with Crippen LogP contribution in [-0.4, -0.2) is 54.9 Å². The molecule has 1 saturated carbocycles. The van der Waals surface area contributed by atoms with Crippen molar-refractivity contribution in [2.45, 2.75) is 39.0 Å². The van der Waals surface area contributed by atoms with Crippen molar-refractivity contribution in [2.75, 3.05) is 33.3 Å². The Balaban J connectivity index is 1.73. The van der Waals surface area contributed by atoms with Gasteiger partial charge in [-0.05, 0) is 36.0 Å². The van der Waals surface area contributed by atoms with Crippen LogP contribution in [0.25, 0.3) is 0 Å². The highest BCUT2D eigenvalue weighted by Crippen LogP contribution is 2.32. The van der Waals surface area contributed by atoms with Gasteiger partial charge in [0.1, 0.15) is 5.75 Å². The van der Waals surface area contributed by atoms with Crippen LogP contribution in [0.1, 0.15) is 49.5 Å². The molecule has 25 heavy (non-hydrogen) atoms. The fourth-order valence-corrected chi connectivity index (χ4v) is 3.23. The van der Waals surface area contributed by atoms with Crippen molar-refractivity contribution in [3.05, 3.63) is 29.3 Å². The number of hydrogen-bond donors (Lipinski definition) is 0. The van der Waals surface area contributed by atoms with Crippen LogP contribution >= 0.6 is 0 Å².